The van der Waals surface area contributed by atoms with Gasteiger partial charge >= 0.3 is 0 Å². The van der Waals surface area contributed by atoms with E-state index >= 15 is 0 Å². The SMILES string of the molecule is Cc1cc(C2(N)NC(N)=CC=C2[N+](=O)[O-])n[nH]1. The molecule has 0 bridgehead atoms. The standard InChI is InChI=1S/C9H12N6O2/c1-5-4-6(14-13-5)9(11)7(15(16)17)2-3-8(10)12-9/h2-4,12H,10-11H2,1H3,(H,13,14). The van der Waals surface area contributed by atoms with E-state index in [1.54, 1.807) is 13.0 Å². The molecule has 0 spiro atoms. The number of rotatable bonds is 2. The zero-order valence-corrected chi connectivity index (χ0v) is 9.10. The van der Waals surface area contributed by atoms with Crippen molar-refractivity contribution in [3.8, 4) is 0 Å². The summed E-state index contributed by atoms with van der Waals surface area (Å²) in [4.78, 5) is 10.4. The number of nitrogens with zero attached hydrogens (tertiary/aromatic N) is 2. The van der Waals surface area contributed by atoms with Crippen LogP contribution in [-0.2, 0) is 5.66 Å². The topological polar surface area (TPSA) is 136 Å². The smallest absolute Gasteiger partial charge is 0.292 e. The van der Waals surface area contributed by atoms with Crippen molar-refractivity contribution >= 4 is 0 Å². The Labute approximate surface area is 96.5 Å². The number of nitrogens with two attached hydrogens (primary N) is 2. The lowest BCUT2D eigenvalue weighted by Crippen LogP contribution is -2.56. The monoisotopic (exact) mass is 236 g/mol. The van der Waals surface area contributed by atoms with Crippen molar-refractivity contribution in [2.75, 3.05) is 0 Å². The second-order valence-corrected chi connectivity index (χ2v) is 3.80. The molecule has 0 fully saturated rings. The van der Waals surface area contributed by atoms with E-state index in [1.165, 1.54) is 12.2 Å². The maximum absolute atomic E-state index is 11.0. The fourth-order valence-electron chi connectivity index (χ4n) is 1.65. The summed E-state index contributed by atoms with van der Waals surface area (Å²) in [5.41, 5.74) is 10.9. The molecule has 0 amide bonds. The summed E-state index contributed by atoms with van der Waals surface area (Å²) in [6, 6.07) is 1.63. The van der Waals surface area contributed by atoms with E-state index in [1.807, 2.05) is 0 Å². The third-order valence-corrected chi connectivity index (χ3v) is 2.47. The van der Waals surface area contributed by atoms with Gasteiger partial charge in [0.2, 0.25) is 5.66 Å². The molecule has 1 atom stereocenters. The molecule has 0 aromatic carbocycles. The van der Waals surface area contributed by atoms with Gasteiger partial charge in [0.15, 0.2) is 0 Å². The van der Waals surface area contributed by atoms with Gasteiger partial charge in [0.05, 0.1) is 10.7 Å². The molecule has 0 saturated heterocycles. The van der Waals surface area contributed by atoms with E-state index < -0.39 is 10.6 Å². The van der Waals surface area contributed by atoms with Crippen molar-refractivity contribution in [2.45, 2.75) is 12.6 Å². The average molecular weight is 236 g/mol. The second kappa shape index (κ2) is 3.59. The Hall–Kier alpha value is -2.35. The molecule has 1 aromatic rings. The summed E-state index contributed by atoms with van der Waals surface area (Å²) in [7, 11) is 0. The van der Waals surface area contributed by atoms with Crippen molar-refractivity contribution < 1.29 is 4.92 Å². The molecule has 2 heterocycles. The third-order valence-electron chi connectivity index (χ3n) is 2.47. The Kier molecular flexibility index (Phi) is 2.36. The third kappa shape index (κ3) is 1.74. The molecular weight excluding hydrogens is 224 g/mol. The number of aromatic amines is 1. The highest BCUT2D eigenvalue weighted by atomic mass is 16.6. The van der Waals surface area contributed by atoms with Gasteiger partial charge in [0.1, 0.15) is 5.69 Å². The van der Waals surface area contributed by atoms with E-state index in [0.29, 0.717) is 5.69 Å². The number of nitro groups is 1. The van der Waals surface area contributed by atoms with Crippen LogP contribution in [0, 0.1) is 17.0 Å². The molecule has 1 aliphatic rings. The minimum absolute atomic E-state index is 0.210. The minimum atomic E-state index is -1.52. The molecule has 8 heteroatoms. The summed E-state index contributed by atoms with van der Waals surface area (Å²) in [6.07, 6.45) is 2.67. The van der Waals surface area contributed by atoms with Crippen LogP contribution in [0.15, 0.2) is 29.7 Å². The summed E-state index contributed by atoms with van der Waals surface area (Å²) in [5.74, 6) is 0.249. The molecule has 0 aliphatic carbocycles. The molecular formula is C9H12N6O2. The quantitative estimate of drug-likeness (QED) is 0.399. The van der Waals surface area contributed by atoms with Gasteiger partial charge in [-0.25, -0.2) is 0 Å². The lowest BCUT2D eigenvalue weighted by molar-refractivity contribution is -0.437. The molecule has 8 nitrogen and oxygen atoms in total. The molecule has 0 saturated carbocycles. The summed E-state index contributed by atoms with van der Waals surface area (Å²) < 4.78 is 0. The van der Waals surface area contributed by atoms with E-state index in [-0.39, 0.29) is 11.5 Å². The zero-order valence-electron chi connectivity index (χ0n) is 9.10. The van der Waals surface area contributed by atoms with Crippen LogP contribution in [0.1, 0.15) is 11.4 Å². The summed E-state index contributed by atoms with van der Waals surface area (Å²) >= 11 is 0. The predicted octanol–water partition coefficient (Wildman–Crippen LogP) is -0.606. The Morgan fingerprint density at radius 1 is 1.53 bits per heavy atom. The first kappa shape index (κ1) is 11.1. The first-order chi connectivity index (χ1) is 7.93. The molecule has 0 radical (unpaired) electrons. The summed E-state index contributed by atoms with van der Waals surface area (Å²) in [6.45, 7) is 1.78. The highest BCUT2D eigenvalue weighted by molar-refractivity contribution is 5.34. The van der Waals surface area contributed by atoms with Crippen LogP contribution >= 0.6 is 0 Å². The number of hydrogen-bond donors (Lipinski definition) is 4. The van der Waals surface area contributed by atoms with Crippen LogP contribution in [-0.4, -0.2) is 15.1 Å². The fraction of sp³-hybridized carbons (Fsp3) is 0.222. The Morgan fingerprint density at radius 2 is 2.24 bits per heavy atom. The molecule has 1 aliphatic heterocycles. The van der Waals surface area contributed by atoms with Crippen LogP contribution in [0.3, 0.4) is 0 Å². The number of allylic oxidation sites excluding steroid dienone is 2. The van der Waals surface area contributed by atoms with E-state index in [9.17, 15) is 10.1 Å². The van der Waals surface area contributed by atoms with Gasteiger partial charge in [-0.15, -0.1) is 0 Å². The van der Waals surface area contributed by atoms with Crippen LogP contribution in [0.2, 0.25) is 0 Å². The number of aryl methyl sites for hydroxylation is 1. The first-order valence-corrected chi connectivity index (χ1v) is 4.85. The van der Waals surface area contributed by atoms with Crippen molar-refractivity contribution in [2.24, 2.45) is 11.5 Å². The lowest BCUT2D eigenvalue weighted by atomic mass is 10.00. The van der Waals surface area contributed by atoms with Crippen LogP contribution in [0.4, 0.5) is 0 Å². The number of dihydropyridines is 1. The number of H-pyrrole nitrogens is 1. The molecule has 1 aromatic heterocycles. The van der Waals surface area contributed by atoms with Gasteiger partial charge in [0.25, 0.3) is 5.70 Å². The van der Waals surface area contributed by atoms with E-state index in [2.05, 4.69) is 15.5 Å². The Morgan fingerprint density at radius 3 is 2.76 bits per heavy atom. The van der Waals surface area contributed by atoms with E-state index in [0.717, 1.165) is 5.69 Å². The lowest BCUT2D eigenvalue weighted by Gasteiger charge is -2.28. The normalized spacial score (nSPS) is 23.6. The second-order valence-electron chi connectivity index (χ2n) is 3.80. The van der Waals surface area contributed by atoms with Gasteiger partial charge in [0, 0.05) is 11.8 Å². The van der Waals surface area contributed by atoms with Crippen molar-refractivity contribution in [3.63, 3.8) is 0 Å². The zero-order chi connectivity index (χ0) is 12.6. The Balaban J connectivity index is 2.52. The van der Waals surface area contributed by atoms with Gasteiger partial charge in [-0.2, -0.15) is 5.10 Å². The van der Waals surface area contributed by atoms with Gasteiger partial charge in [-0.1, -0.05) is 0 Å². The predicted molar refractivity (Wildman–Crippen MR) is 59.7 cm³/mol. The van der Waals surface area contributed by atoms with Gasteiger partial charge in [-0.05, 0) is 19.1 Å². The minimum Gasteiger partial charge on any atom is -0.385 e. The van der Waals surface area contributed by atoms with Crippen molar-refractivity contribution in [1.29, 1.82) is 0 Å². The van der Waals surface area contributed by atoms with Crippen LogP contribution in [0.25, 0.3) is 0 Å². The first-order valence-electron chi connectivity index (χ1n) is 4.85. The van der Waals surface area contributed by atoms with Crippen molar-refractivity contribution in [1.82, 2.24) is 15.5 Å². The number of hydrogen-bond acceptors (Lipinski definition) is 6. The molecule has 2 rings (SSSR count). The van der Waals surface area contributed by atoms with Crippen molar-refractivity contribution in [3.05, 3.63) is 51.2 Å². The number of aromatic nitrogens is 2. The largest absolute Gasteiger partial charge is 0.385 e. The van der Waals surface area contributed by atoms with Gasteiger partial charge in [-0.3, -0.25) is 20.9 Å². The van der Waals surface area contributed by atoms with Crippen LogP contribution < -0.4 is 16.8 Å². The highest BCUT2D eigenvalue weighted by Crippen LogP contribution is 2.26. The fourth-order valence-corrected chi connectivity index (χ4v) is 1.65. The highest BCUT2D eigenvalue weighted by Gasteiger charge is 2.44. The molecule has 1 unspecified atom stereocenters. The summed E-state index contributed by atoms with van der Waals surface area (Å²) in [5, 5.41) is 20.3. The molecule has 6 N–H and O–H groups in total. The van der Waals surface area contributed by atoms with Crippen LogP contribution in [0.5, 0.6) is 0 Å². The molecule has 17 heavy (non-hydrogen) atoms. The van der Waals surface area contributed by atoms with E-state index in [4.69, 9.17) is 11.5 Å². The Bertz CT molecular complexity index is 531. The average Bonchev–Trinajstić information content (AvgIpc) is 2.64. The molecule has 90 valence electrons. The number of nitrogens with one attached hydrogen (secondary N) is 2. The maximum atomic E-state index is 11.0. The van der Waals surface area contributed by atoms with Gasteiger partial charge < -0.3 is 11.1 Å². The maximum Gasteiger partial charge on any atom is 0.292 e.